The van der Waals surface area contributed by atoms with Gasteiger partial charge in [-0.2, -0.15) is 15.0 Å². The zero-order chi connectivity index (χ0) is 27.2. The Bertz CT molecular complexity index is 1190. The third kappa shape index (κ3) is 7.29. The Morgan fingerprint density at radius 1 is 1.05 bits per heavy atom. The topological polar surface area (TPSA) is 137 Å². The SMILES string of the molecule is COc1nc(NCCNC(C)C)nc(OC)c1NC(=O)c1nc(Oc2cccc(C(C)(C)C)c2)nn1C. The second-order valence-corrected chi connectivity index (χ2v) is 9.65. The van der Waals surface area contributed by atoms with Gasteiger partial charge in [0, 0.05) is 26.2 Å². The average Bonchev–Trinajstić information content (AvgIpc) is 3.21. The van der Waals surface area contributed by atoms with Crippen LogP contribution in [0.4, 0.5) is 11.6 Å². The van der Waals surface area contributed by atoms with Crippen LogP contribution >= 0.6 is 0 Å². The van der Waals surface area contributed by atoms with Gasteiger partial charge in [0.2, 0.25) is 23.5 Å². The number of methoxy groups -OCH3 is 2. The van der Waals surface area contributed by atoms with Crippen LogP contribution in [0.15, 0.2) is 24.3 Å². The fourth-order valence-corrected chi connectivity index (χ4v) is 3.34. The predicted molar refractivity (Wildman–Crippen MR) is 141 cm³/mol. The van der Waals surface area contributed by atoms with Crippen LogP contribution in [-0.4, -0.2) is 64.0 Å². The summed E-state index contributed by atoms with van der Waals surface area (Å²) in [6.07, 6.45) is 0. The van der Waals surface area contributed by atoms with Crippen LogP contribution in [0.1, 0.15) is 50.8 Å². The highest BCUT2D eigenvalue weighted by molar-refractivity contribution is 6.03. The van der Waals surface area contributed by atoms with Crippen LogP contribution in [0.2, 0.25) is 0 Å². The first-order chi connectivity index (χ1) is 17.5. The molecule has 12 nitrogen and oxygen atoms in total. The number of aryl methyl sites for hydroxylation is 1. The molecule has 2 heterocycles. The van der Waals surface area contributed by atoms with Crippen molar-refractivity contribution in [2.45, 2.75) is 46.1 Å². The molecule has 3 N–H and O–H groups in total. The van der Waals surface area contributed by atoms with Crippen LogP contribution in [0, 0.1) is 0 Å². The van der Waals surface area contributed by atoms with E-state index in [4.69, 9.17) is 14.2 Å². The molecular weight excluding hydrogens is 476 g/mol. The zero-order valence-electron chi connectivity index (χ0n) is 22.7. The van der Waals surface area contributed by atoms with Gasteiger partial charge in [-0.15, -0.1) is 5.10 Å². The van der Waals surface area contributed by atoms with Crippen LogP contribution < -0.4 is 30.2 Å². The molecule has 2 aromatic heterocycles. The Labute approximate surface area is 217 Å². The Morgan fingerprint density at radius 2 is 1.73 bits per heavy atom. The number of amides is 1. The lowest BCUT2D eigenvalue weighted by Crippen LogP contribution is -2.28. The number of nitrogens with zero attached hydrogens (tertiary/aromatic N) is 5. The first-order valence-corrected chi connectivity index (χ1v) is 12.0. The molecule has 0 saturated heterocycles. The van der Waals surface area contributed by atoms with Gasteiger partial charge in [0.05, 0.1) is 14.2 Å². The van der Waals surface area contributed by atoms with E-state index in [1.165, 1.54) is 18.9 Å². The van der Waals surface area contributed by atoms with E-state index in [1.807, 2.05) is 24.3 Å². The smallest absolute Gasteiger partial charge is 0.341 e. The van der Waals surface area contributed by atoms with E-state index in [2.05, 4.69) is 70.6 Å². The molecule has 200 valence electrons. The fourth-order valence-electron chi connectivity index (χ4n) is 3.34. The van der Waals surface area contributed by atoms with Gasteiger partial charge in [0.25, 0.3) is 5.91 Å². The van der Waals surface area contributed by atoms with Crippen LogP contribution in [0.3, 0.4) is 0 Å². The van der Waals surface area contributed by atoms with Gasteiger partial charge in [-0.3, -0.25) is 4.79 Å². The average molecular weight is 513 g/mol. The molecule has 0 atom stereocenters. The van der Waals surface area contributed by atoms with Crippen molar-refractivity contribution in [3.8, 4) is 23.5 Å². The Kier molecular flexibility index (Phi) is 8.87. The highest BCUT2D eigenvalue weighted by Gasteiger charge is 2.23. The highest BCUT2D eigenvalue weighted by Crippen LogP contribution is 2.33. The summed E-state index contributed by atoms with van der Waals surface area (Å²) in [5.41, 5.74) is 1.23. The van der Waals surface area contributed by atoms with E-state index in [1.54, 1.807) is 7.05 Å². The van der Waals surface area contributed by atoms with Crippen molar-refractivity contribution in [2.24, 2.45) is 7.05 Å². The summed E-state index contributed by atoms with van der Waals surface area (Å²) >= 11 is 0. The second kappa shape index (κ2) is 11.9. The van der Waals surface area contributed by atoms with Crippen molar-refractivity contribution in [3.05, 3.63) is 35.7 Å². The minimum Gasteiger partial charge on any atom is -0.479 e. The number of anilines is 2. The van der Waals surface area contributed by atoms with Gasteiger partial charge in [-0.1, -0.05) is 46.8 Å². The van der Waals surface area contributed by atoms with Gasteiger partial charge >= 0.3 is 6.01 Å². The predicted octanol–water partition coefficient (Wildman–Crippen LogP) is 3.37. The van der Waals surface area contributed by atoms with Gasteiger partial charge in [-0.05, 0) is 23.1 Å². The summed E-state index contributed by atoms with van der Waals surface area (Å²) in [6, 6.07) is 8.09. The van der Waals surface area contributed by atoms with E-state index in [0.717, 1.165) is 12.1 Å². The van der Waals surface area contributed by atoms with Crippen molar-refractivity contribution in [2.75, 3.05) is 37.9 Å². The molecule has 3 aromatic rings. The molecule has 37 heavy (non-hydrogen) atoms. The van der Waals surface area contributed by atoms with Crippen LogP contribution in [-0.2, 0) is 12.5 Å². The lowest BCUT2D eigenvalue weighted by molar-refractivity contribution is 0.101. The standard InChI is InChI=1S/C25H36N8O4/c1-15(2)26-12-13-27-23-30-21(35-7)18(22(31-23)36-8)28-20(34)19-29-24(32-33(19)6)37-17-11-9-10-16(14-17)25(3,4)5/h9-11,14-15,26H,12-13H2,1-8H3,(H,28,34)(H,27,30,31). The van der Waals surface area contributed by atoms with Crippen molar-refractivity contribution in [1.82, 2.24) is 30.0 Å². The normalized spacial score (nSPS) is 11.4. The van der Waals surface area contributed by atoms with Crippen molar-refractivity contribution < 1.29 is 19.0 Å². The van der Waals surface area contributed by atoms with Crippen molar-refractivity contribution in [3.63, 3.8) is 0 Å². The van der Waals surface area contributed by atoms with Gasteiger partial charge in [-0.25, -0.2) is 4.68 Å². The van der Waals surface area contributed by atoms with E-state index < -0.39 is 5.91 Å². The first kappa shape index (κ1) is 27.7. The molecule has 0 saturated carbocycles. The van der Waals surface area contributed by atoms with Gasteiger partial charge in [0.15, 0.2) is 5.69 Å². The molecule has 0 aliphatic carbocycles. The monoisotopic (exact) mass is 512 g/mol. The highest BCUT2D eigenvalue weighted by atomic mass is 16.5. The van der Waals surface area contributed by atoms with E-state index in [0.29, 0.717) is 24.3 Å². The molecule has 1 aromatic carbocycles. The van der Waals surface area contributed by atoms with Gasteiger partial charge in [0.1, 0.15) is 5.75 Å². The largest absolute Gasteiger partial charge is 0.479 e. The molecule has 0 radical (unpaired) electrons. The summed E-state index contributed by atoms with van der Waals surface area (Å²) in [5, 5.41) is 13.4. The summed E-state index contributed by atoms with van der Waals surface area (Å²) in [4.78, 5) is 26.0. The zero-order valence-corrected chi connectivity index (χ0v) is 22.7. The van der Waals surface area contributed by atoms with Crippen LogP contribution in [0.5, 0.6) is 23.5 Å². The van der Waals surface area contributed by atoms with Crippen molar-refractivity contribution in [1.29, 1.82) is 0 Å². The molecule has 12 heteroatoms. The Balaban J connectivity index is 1.77. The van der Waals surface area contributed by atoms with Crippen molar-refractivity contribution >= 4 is 17.5 Å². The summed E-state index contributed by atoms with van der Waals surface area (Å²) in [7, 11) is 4.49. The first-order valence-electron chi connectivity index (χ1n) is 12.0. The number of rotatable bonds is 11. The number of nitrogens with one attached hydrogen (secondary N) is 3. The minimum absolute atomic E-state index is 0.0213. The second-order valence-electron chi connectivity index (χ2n) is 9.65. The maximum Gasteiger partial charge on any atom is 0.341 e. The number of hydrogen-bond acceptors (Lipinski definition) is 10. The third-order valence-electron chi connectivity index (χ3n) is 5.28. The molecule has 0 aliphatic heterocycles. The minimum atomic E-state index is -0.560. The summed E-state index contributed by atoms with van der Waals surface area (Å²) in [6.45, 7) is 11.8. The summed E-state index contributed by atoms with van der Waals surface area (Å²) < 4.78 is 17.9. The Hall–Kier alpha value is -3.93. The molecule has 1 amide bonds. The van der Waals surface area contributed by atoms with E-state index in [-0.39, 0.29) is 34.7 Å². The van der Waals surface area contributed by atoms with E-state index in [9.17, 15) is 4.79 Å². The van der Waals surface area contributed by atoms with E-state index >= 15 is 0 Å². The molecule has 0 unspecified atom stereocenters. The number of aromatic nitrogens is 5. The van der Waals surface area contributed by atoms with Gasteiger partial charge < -0.3 is 30.2 Å². The molecular formula is C25H36N8O4. The number of carbonyl (C=O) groups excluding carboxylic acids is 1. The van der Waals surface area contributed by atoms with Crippen LogP contribution in [0.25, 0.3) is 0 Å². The Morgan fingerprint density at radius 3 is 2.32 bits per heavy atom. The molecule has 0 spiro atoms. The number of carbonyl (C=O) groups is 1. The summed E-state index contributed by atoms with van der Waals surface area (Å²) in [5.74, 6) is 0.621. The molecule has 0 aliphatic rings. The number of hydrogen-bond donors (Lipinski definition) is 3. The maximum absolute atomic E-state index is 13.1. The third-order valence-corrected chi connectivity index (χ3v) is 5.28. The quantitative estimate of drug-likeness (QED) is 0.328. The fraction of sp³-hybridized carbons (Fsp3) is 0.480. The molecule has 0 fully saturated rings. The maximum atomic E-state index is 13.1. The number of benzene rings is 1. The molecule has 0 bridgehead atoms. The number of ether oxygens (including phenoxy) is 3. The lowest BCUT2D eigenvalue weighted by Gasteiger charge is -2.19. The lowest BCUT2D eigenvalue weighted by atomic mass is 9.87. The molecule has 3 rings (SSSR count).